The molecule has 33 heavy (non-hydrogen) atoms. The summed E-state index contributed by atoms with van der Waals surface area (Å²) in [6.07, 6.45) is 0. The lowest BCUT2D eigenvalue weighted by Crippen LogP contribution is -2.32. The van der Waals surface area contributed by atoms with E-state index in [4.69, 9.17) is 0 Å². The molecule has 0 fully saturated rings. The van der Waals surface area contributed by atoms with Crippen molar-refractivity contribution in [1.82, 2.24) is 0 Å². The van der Waals surface area contributed by atoms with Crippen LogP contribution < -0.4 is 15.5 Å². The van der Waals surface area contributed by atoms with Gasteiger partial charge in [0.05, 0.1) is 11.3 Å². The number of rotatable bonds is 5. The maximum absolute atomic E-state index is 13.7. The van der Waals surface area contributed by atoms with Crippen LogP contribution in [0.2, 0.25) is 0 Å². The first kappa shape index (κ1) is 21.8. The van der Waals surface area contributed by atoms with E-state index in [1.165, 1.54) is 37.3 Å². The molecule has 0 atom stereocenters. The second-order valence-electron chi connectivity index (χ2n) is 7.18. The Morgan fingerprint density at radius 1 is 0.788 bits per heavy atom. The molecule has 1 heterocycles. The van der Waals surface area contributed by atoms with Crippen molar-refractivity contribution in [3.8, 4) is 0 Å². The average Bonchev–Trinajstić information content (AvgIpc) is 3.01. The van der Waals surface area contributed by atoms with Crippen LogP contribution in [0.1, 0.15) is 12.5 Å². The molecule has 1 aliphatic rings. The Morgan fingerprint density at radius 2 is 1.42 bits per heavy atom. The predicted octanol–water partition coefficient (Wildman–Crippen LogP) is 4.46. The first-order chi connectivity index (χ1) is 15.7. The van der Waals surface area contributed by atoms with E-state index in [0.29, 0.717) is 11.3 Å². The zero-order valence-electron chi connectivity index (χ0n) is 17.2. The van der Waals surface area contributed by atoms with Crippen LogP contribution in [0.4, 0.5) is 30.2 Å². The van der Waals surface area contributed by atoms with E-state index in [2.05, 4.69) is 10.6 Å². The van der Waals surface area contributed by atoms with Gasteiger partial charge in [0.15, 0.2) is 11.6 Å². The fourth-order valence-electron chi connectivity index (χ4n) is 3.38. The van der Waals surface area contributed by atoms with Crippen LogP contribution >= 0.6 is 0 Å². The van der Waals surface area contributed by atoms with E-state index in [1.807, 2.05) is 0 Å². The van der Waals surface area contributed by atoms with Gasteiger partial charge < -0.3 is 10.6 Å². The van der Waals surface area contributed by atoms with Crippen molar-refractivity contribution in [3.63, 3.8) is 0 Å². The first-order valence-corrected chi connectivity index (χ1v) is 9.73. The highest BCUT2D eigenvalue weighted by atomic mass is 19.2. The molecule has 166 valence electrons. The minimum atomic E-state index is -1.13. The first-order valence-electron chi connectivity index (χ1n) is 9.73. The van der Waals surface area contributed by atoms with Crippen LogP contribution in [-0.4, -0.2) is 17.7 Å². The van der Waals surface area contributed by atoms with Gasteiger partial charge in [0, 0.05) is 24.4 Å². The summed E-state index contributed by atoms with van der Waals surface area (Å²) < 4.78 is 40.4. The Kier molecular flexibility index (Phi) is 5.70. The number of imide groups is 1. The second kappa shape index (κ2) is 8.62. The molecule has 0 radical (unpaired) electrons. The van der Waals surface area contributed by atoms with Crippen molar-refractivity contribution < 1.29 is 27.6 Å². The average molecular weight is 451 g/mol. The van der Waals surface area contributed by atoms with E-state index >= 15 is 0 Å². The largest absolute Gasteiger partial charge is 0.350 e. The van der Waals surface area contributed by atoms with E-state index < -0.39 is 29.3 Å². The fourth-order valence-corrected chi connectivity index (χ4v) is 3.38. The minimum Gasteiger partial charge on any atom is -0.350 e. The summed E-state index contributed by atoms with van der Waals surface area (Å²) >= 11 is 0. The number of halogens is 3. The summed E-state index contributed by atoms with van der Waals surface area (Å²) in [6.45, 7) is 1.35. The molecule has 2 N–H and O–H groups in total. The minimum absolute atomic E-state index is 0.0246. The third-order valence-corrected chi connectivity index (χ3v) is 4.85. The lowest BCUT2D eigenvalue weighted by atomic mass is 10.0. The highest BCUT2D eigenvalue weighted by Gasteiger charge is 2.40. The lowest BCUT2D eigenvalue weighted by Gasteiger charge is -2.15. The molecule has 4 rings (SSSR count). The number of nitrogens with one attached hydrogen (secondary N) is 2. The molecule has 3 aromatic rings. The van der Waals surface area contributed by atoms with Gasteiger partial charge in [-0.2, -0.15) is 0 Å². The maximum atomic E-state index is 13.7. The Bertz CT molecular complexity index is 1300. The third-order valence-electron chi connectivity index (χ3n) is 4.85. The number of amides is 3. The zero-order valence-corrected chi connectivity index (χ0v) is 17.2. The van der Waals surface area contributed by atoms with E-state index in [1.54, 1.807) is 12.1 Å². The van der Waals surface area contributed by atoms with Crippen molar-refractivity contribution in [1.29, 1.82) is 0 Å². The highest BCUT2D eigenvalue weighted by molar-refractivity contribution is 6.46. The molecule has 0 unspecified atom stereocenters. The van der Waals surface area contributed by atoms with E-state index in [9.17, 15) is 27.6 Å². The summed E-state index contributed by atoms with van der Waals surface area (Å²) in [5.41, 5.74) is 0.830. The van der Waals surface area contributed by atoms with Gasteiger partial charge in [-0.15, -0.1) is 0 Å². The van der Waals surface area contributed by atoms with E-state index in [0.717, 1.165) is 29.2 Å². The molecule has 6 nitrogen and oxygen atoms in total. The van der Waals surface area contributed by atoms with Gasteiger partial charge in [0.25, 0.3) is 11.8 Å². The number of benzene rings is 3. The van der Waals surface area contributed by atoms with E-state index in [-0.39, 0.29) is 28.6 Å². The molecular formula is C24H16F3N3O3. The fraction of sp³-hybridized carbons (Fsp3) is 0.0417. The summed E-state index contributed by atoms with van der Waals surface area (Å²) in [5, 5.41) is 5.31. The summed E-state index contributed by atoms with van der Waals surface area (Å²) in [7, 11) is 0. The van der Waals surface area contributed by atoms with Crippen LogP contribution in [0.3, 0.4) is 0 Å². The molecule has 9 heteroatoms. The normalized spacial score (nSPS) is 13.5. The van der Waals surface area contributed by atoms with Crippen LogP contribution in [0.25, 0.3) is 5.57 Å². The lowest BCUT2D eigenvalue weighted by molar-refractivity contribution is -0.120. The Hall–Kier alpha value is -4.40. The van der Waals surface area contributed by atoms with Crippen molar-refractivity contribution in [2.75, 3.05) is 15.5 Å². The number of carbonyl (C=O) groups is 3. The van der Waals surface area contributed by atoms with Crippen LogP contribution in [0.15, 0.2) is 72.4 Å². The predicted molar refractivity (Wildman–Crippen MR) is 117 cm³/mol. The van der Waals surface area contributed by atoms with Crippen LogP contribution in [0, 0.1) is 17.5 Å². The monoisotopic (exact) mass is 451 g/mol. The Balaban J connectivity index is 1.79. The number of nitrogens with zero attached hydrogens (tertiary/aromatic N) is 1. The SMILES string of the molecule is CC(=O)Nc1ccc(C2=C(Nc3ccc(F)c(F)c3)C(=O)N(c3ccc(F)cc3)C2=O)cc1. The standard InChI is InChI=1S/C24H16F3N3O3/c1-13(31)28-16-6-2-14(3-7-16)21-22(29-17-8-11-19(26)20(27)12-17)24(33)30(23(21)32)18-9-4-15(25)5-10-18/h2-12,29H,1H3,(H,28,31). The smallest absolute Gasteiger partial charge is 0.282 e. The number of hydrogen-bond acceptors (Lipinski definition) is 4. The zero-order chi connectivity index (χ0) is 23.7. The Morgan fingerprint density at radius 3 is 2.03 bits per heavy atom. The molecule has 1 aliphatic heterocycles. The van der Waals surface area contributed by atoms with Crippen LogP contribution in [0.5, 0.6) is 0 Å². The molecule has 0 aliphatic carbocycles. The molecular weight excluding hydrogens is 435 g/mol. The summed E-state index contributed by atoms with van der Waals surface area (Å²) in [4.78, 5) is 38.6. The number of hydrogen-bond donors (Lipinski definition) is 2. The number of carbonyl (C=O) groups excluding carboxylic acids is 3. The van der Waals surface area contributed by atoms with Crippen LogP contribution in [-0.2, 0) is 14.4 Å². The van der Waals surface area contributed by atoms with Crippen molar-refractivity contribution in [2.24, 2.45) is 0 Å². The molecule has 0 saturated carbocycles. The maximum Gasteiger partial charge on any atom is 0.282 e. The molecule has 0 spiro atoms. The van der Waals surface area contributed by atoms with Gasteiger partial charge in [-0.05, 0) is 54.1 Å². The van der Waals surface area contributed by atoms with Gasteiger partial charge in [-0.1, -0.05) is 12.1 Å². The molecule has 3 amide bonds. The van der Waals surface area contributed by atoms with Gasteiger partial charge in [0.2, 0.25) is 5.91 Å². The van der Waals surface area contributed by atoms with Crippen molar-refractivity contribution in [2.45, 2.75) is 6.92 Å². The summed E-state index contributed by atoms with van der Waals surface area (Å²) in [5.74, 6) is -4.46. The second-order valence-corrected chi connectivity index (χ2v) is 7.18. The summed E-state index contributed by atoms with van der Waals surface area (Å²) in [6, 6.07) is 13.9. The molecule has 0 aromatic heterocycles. The highest BCUT2D eigenvalue weighted by Crippen LogP contribution is 2.34. The van der Waals surface area contributed by atoms with Crippen molar-refractivity contribution >= 4 is 40.4 Å². The molecule has 0 saturated heterocycles. The van der Waals surface area contributed by atoms with Gasteiger partial charge in [-0.25, -0.2) is 18.1 Å². The quantitative estimate of drug-likeness (QED) is 0.562. The van der Waals surface area contributed by atoms with Gasteiger partial charge >= 0.3 is 0 Å². The topological polar surface area (TPSA) is 78.5 Å². The number of anilines is 3. The van der Waals surface area contributed by atoms with Crippen molar-refractivity contribution in [3.05, 3.63) is 95.4 Å². The Labute approximate surface area is 186 Å². The van der Waals surface area contributed by atoms with Gasteiger partial charge in [-0.3, -0.25) is 14.4 Å². The molecule has 3 aromatic carbocycles. The van der Waals surface area contributed by atoms with Gasteiger partial charge in [0.1, 0.15) is 11.5 Å². The molecule has 0 bridgehead atoms. The third kappa shape index (κ3) is 4.33.